The highest BCUT2D eigenvalue weighted by Gasteiger charge is 2.15. The molecule has 10 nitrogen and oxygen atoms in total. The van der Waals surface area contributed by atoms with E-state index in [0.29, 0.717) is 16.2 Å². The van der Waals surface area contributed by atoms with E-state index in [-0.39, 0.29) is 24.2 Å². The van der Waals surface area contributed by atoms with Crippen molar-refractivity contribution in [3.05, 3.63) is 59.5 Å². The quantitative estimate of drug-likeness (QED) is 0.323. The van der Waals surface area contributed by atoms with E-state index in [0.717, 1.165) is 11.3 Å². The normalized spacial score (nSPS) is 10.6. The lowest BCUT2D eigenvalue weighted by atomic mass is 10.1. The van der Waals surface area contributed by atoms with E-state index in [1.165, 1.54) is 42.5 Å². The Kier molecular flexibility index (Phi) is 6.31. The zero-order chi connectivity index (χ0) is 23.4. The van der Waals surface area contributed by atoms with Gasteiger partial charge in [0.15, 0.2) is 0 Å². The summed E-state index contributed by atoms with van der Waals surface area (Å²) in [5, 5.41) is 11.7. The molecule has 0 aliphatic rings. The summed E-state index contributed by atoms with van der Waals surface area (Å²) in [6.07, 6.45) is -0.808. The van der Waals surface area contributed by atoms with Crippen LogP contribution in [0.3, 0.4) is 0 Å². The van der Waals surface area contributed by atoms with Crippen molar-refractivity contribution >= 4 is 45.9 Å². The molecule has 4 rings (SSSR count). The lowest BCUT2D eigenvalue weighted by molar-refractivity contribution is -0.114. The van der Waals surface area contributed by atoms with Gasteiger partial charge in [0.1, 0.15) is 5.75 Å². The first-order valence-electron chi connectivity index (χ1n) is 9.91. The molecule has 2 aromatic heterocycles. The van der Waals surface area contributed by atoms with Gasteiger partial charge in [-0.2, -0.15) is 4.98 Å². The van der Waals surface area contributed by atoms with Crippen molar-refractivity contribution in [2.75, 3.05) is 17.2 Å². The van der Waals surface area contributed by atoms with Gasteiger partial charge in [0, 0.05) is 29.1 Å². The Labute approximate surface area is 192 Å². The highest BCUT2D eigenvalue weighted by atomic mass is 32.1. The predicted molar refractivity (Wildman–Crippen MR) is 123 cm³/mol. The number of hydrogen-bond acceptors (Lipinski definition) is 8. The molecule has 2 amide bonds. The molecule has 11 heteroatoms. The van der Waals surface area contributed by atoms with Crippen LogP contribution in [0.5, 0.6) is 5.75 Å². The molecule has 0 bridgehead atoms. The monoisotopic (exact) mass is 465 g/mol. The van der Waals surface area contributed by atoms with Gasteiger partial charge < -0.3 is 14.8 Å². The minimum absolute atomic E-state index is 0.140. The molecular formula is C22H19N5O5S. The van der Waals surface area contributed by atoms with Crippen molar-refractivity contribution in [1.29, 1.82) is 0 Å². The van der Waals surface area contributed by atoms with Gasteiger partial charge in [0.2, 0.25) is 10.9 Å². The lowest BCUT2D eigenvalue weighted by Crippen LogP contribution is -2.13. The number of hydrogen-bond donors (Lipinski definition) is 2. The van der Waals surface area contributed by atoms with Crippen molar-refractivity contribution < 1.29 is 23.9 Å². The van der Waals surface area contributed by atoms with Crippen LogP contribution in [0.4, 0.5) is 16.4 Å². The van der Waals surface area contributed by atoms with E-state index in [1.54, 1.807) is 23.6 Å². The molecule has 2 aromatic carbocycles. The van der Waals surface area contributed by atoms with Gasteiger partial charge in [-0.05, 0) is 43.3 Å². The fourth-order valence-electron chi connectivity index (χ4n) is 2.95. The molecule has 4 aromatic rings. The number of carbonyl (C=O) groups is 3. The third-order valence-electron chi connectivity index (χ3n) is 4.39. The molecule has 0 unspecified atom stereocenters. The summed E-state index contributed by atoms with van der Waals surface area (Å²) in [5.74, 6) is -0.120. The number of fused-ring (bicyclic) bond motifs is 1. The molecule has 0 aliphatic heterocycles. The molecule has 2 heterocycles. The molecule has 0 fully saturated rings. The van der Waals surface area contributed by atoms with Crippen molar-refractivity contribution in [1.82, 2.24) is 14.6 Å². The van der Waals surface area contributed by atoms with Crippen LogP contribution in [0.15, 0.2) is 53.9 Å². The second-order valence-corrected chi connectivity index (χ2v) is 7.61. The third kappa shape index (κ3) is 5.15. The lowest BCUT2D eigenvalue weighted by Gasteiger charge is -2.05. The summed E-state index contributed by atoms with van der Waals surface area (Å²) >= 11 is 1.39. The Morgan fingerprint density at radius 3 is 2.42 bits per heavy atom. The van der Waals surface area contributed by atoms with E-state index < -0.39 is 12.1 Å². The summed E-state index contributed by atoms with van der Waals surface area (Å²) in [6.45, 7) is 3.33. The van der Waals surface area contributed by atoms with Crippen molar-refractivity contribution in [2.45, 2.75) is 13.8 Å². The highest BCUT2D eigenvalue weighted by Crippen LogP contribution is 2.27. The maximum Gasteiger partial charge on any atom is 0.513 e. The van der Waals surface area contributed by atoms with Crippen LogP contribution >= 0.6 is 11.3 Å². The SMILES string of the molecule is CCOC(=O)Oc1ccc(C(=O)Nc2nc3scc(-c4ccc(NC(C)=O)cc4)n3n2)cc1. The van der Waals surface area contributed by atoms with Crippen molar-refractivity contribution in [2.24, 2.45) is 0 Å². The van der Waals surface area contributed by atoms with Crippen molar-refractivity contribution in [3.63, 3.8) is 0 Å². The Bertz CT molecular complexity index is 1310. The zero-order valence-corrected chi connectivity index (χ0v) is 18.5. The van der Waals surface area contributed by atoms with E-state index >= 15 is 0 Å². The number of rotatable bonds is 6. The number of amides is 2. The Morgan fingerprint density at radius 2 is 1.76 bits per heavy atom. The van der Waals surface area contributed by atoms with E-state index in [2.05, 4.69) is 20.7 Å². The first kappa shape index (κ1) is 22.0. The maximum atomic E-state index is 12.6. The average molecular weight is 465 g/mol. The number of nitrogens with one attached hydrogen (secondary N) is 2. The molecule has 33 heavy (non-hydrogen) atoms. The Hall–Kier alpha value is -4.25. The van der Waals surface area contributed by atoms with Crippen LogP contribution in [0.1, 0.15) is 24.2 Å². The summed E-state index contributed by atoms with van der Waals surface area (Å²) in [5.41, 5.74) is 2.73. The number of carbonyl (C=O) groups excluding carboxylic acids is 3. The van der Waals surface area contributed by atoms with Crippen LogP contribution in [-0.2, 0) is 9.53 Å². The van der Waals surface area contributed by atoms with E-state index in [1.807, 2.05) is 17.5 Å². The van der Waals surface area contributed by atoms with Gasteiger partial charge >= 0.3 is 6.16 Å². The minimum Gasteiger partial charge on any atom is -0.434 e. The minimum atomic E-state index is -0.808. The number of benzene rings is 2. The largest absolute Gasteiger partial charge is 0.513 e. The smallest absolute Gasteiger partial charge is 0.434 e. The van der Waals surface area contributed by atoms with Gasteiger partial charge in [0.05, 0.1) is 12.3 Å². The molecule has 0 aliphatic carbocycles. The van der Waals surface area contributed by atoms with E-state index in [9.17, 15) is 14.4 Å². The third-order valence-corrected chi connectivity index (χ3v) is 5.20. The molecule has 0 radical (unpaired) electrons. The highest BCUT2D eigenvalue weighted by molar-refractivity contribution is 7.15. The van der Waals surface area contributed by atoms with E-state index in [4.69, 9.17) is 9.47 Å². The number of nitrogens with zero attached hydrogens (tertiary/aromatic N) is 3. The Morgan fingerprint density at radius 1 is 1.03 bits per heavy atom. The van der Waals surface area contributed by atoms with Crippen molar-refractivity contribution in [3.8, 4) is 17.0 Å². The standard InChI is InChI=1S/C22H19N5O5S/c1-3-31-22(30)32-17-10-6-15(7-11-17)19(29)24-20-25-21-27(26-20)18(12-33-21)14-4-8-16(9-5-14)23-13(2)28/h4-12H,3H2,1-2H3,(H,23,28)(H,24,26,29). The van der Waals surface area contributed by atoms with Gasteiger partial charge in [-0.25, -0.2) is 9.31 Å². The summed E-state index contributed by atoms with van der Waals surface area (Å²) in [4.78, 5) is 40.1. The maximum absolute atomic E-state index is 12.6. The number of thiazole rings is 1. The first-order chi connectivity index (χ1) is 15.9. The number of anilines is 2. The van der Waals surface area contributed by atoms with Gasteiger partial charge in [-0.1, -0.05) is 12.1 Å². The topological polar surface area (TPSA) is 124 Å². The second-order valence-electron chi connectivity index (χ2n) is 6.77. The molecule has 0 saturated heterocycles. The van der Waals surface area contributed by atoms with Gasteiger partial charge in [-0.15, -0.1) is 16.4 Å². The average Bonchev–Trinajstić information content (AvgIpc) is 3.35. The second kappa shape index (κ2) is 9.49. The van der Waals surface area contributed by atoms with Crippen LogP contribution < -0.4 is 15.4 Å². The molecular weight excluding hydrogens is 446 g/mol. The number of ether oxygens (including phenoxy) is 2. The summed E-state index contributed by atoms with van der Waals surface area (Å²) in [7, 11) is 0. The summed E-state index contributed by atoms with van der Waals surface area (Å²) < 4.78 is 11.3. The predicted octanol–water partition coefficient (Wildman–Crippen LogP) is 4.20. The van der Waals surface area contributed by atoms with Crippen LogP contribution in [0, 0.1) is 0 Å². The Balaban J connectivity index is 1.46. The van der Waals surface area contributed by atoms with Crippen LogP contribution in [0.2, 0.25) is 0 Å². The number of aromatic nitrogens is 3. The molecule has 0 spiro atoms. The molecule has 0 saturated carbocycles. The van der Waals surface area contributed by atoms with Crippen LogP contribution in [-0.4, -0.2) is 39.2 Å². The zero-order valence-electron chi connectivity index (χ0n) is 17.7. The fourth-order valence-corrected chi connectivity index (χ4v) is 3.78. The molecule has 168 valence electrons. The van der Waals surface area contributed by atoms with Gasteiger partial charge in [0.25, 0.3) is 11.9 Å². The first-order valence-corrected chi connectivity index (χ1v) is 10.8. The van der Waals surface area contributed by atoms with Gasteiger partial charge in [-0.3, -0.25) is 14.9 Å². The summed E-state index contributed by atoms with van der Waals surface area (Å²) in [6, 6.07) is 13.4. The molecule has 0 atom stereocenters. The molecule has 2 N–H and O–H groups in total. The fraction of sp³-hybridized carbons (Fsp3) is 0.136. The van der Waals surface area contributed by atoms with Crippen LogP contribution in [0.25, 0.3) is 16.2 Å².